The number of aromatic nitrogens is 1. The Kier molecular flexibility index (Phi) is 6.84. The molecular formula is C25H26N4O3S. The van der Waals surface area contributed by atoms with E-state index in [0.29, 0.717) is 18.0 Å². The van der Waals surface area contributed by atoms with E-state index < -0.39 is 0 Å². The Bertz CT molecular complexity index is 1170. The van der Waals surface area contributed by atoms with Gasteiger partial charge in [-0.15, -0.1) is 11.3 Å². The summed E-state index contributed by atoms with van der Waals surface area (Å²) >= 11 is 1.36. The number of hydrogen-bond donors (Lipinski definition) is 3. The second-order valence-electron chi connectivity index (χ2n) is 8.22. The van der Waals surface area contributed by atoms with Gasteiger partial charge in [-0.1, -0.05) is 42.5 Å². The van der Waals surface area contributed by atoms with Gasteiger partial charge in [0.25, 0.3) is 0 Å². The third kappa shape index (κ3) is 5.64. The lowest BCUT2D eigenvalue weighted by Crippen LogP contribution is -2.30. The second-order valence-corrected chi connectivity index (χ2v) is 9.07. The number of anilines is 2. The highest BCUT2D eigenvalue weighted by Gasteiger charge is 2.26. The summed E-state index contributed by atoms with van der Waals surface area (Å²) in [4.78, 5) is 40.5. The van der Waals surface area contributed by atoms with Crippen LogP contribution in [0.25, 0.3) is 11.3 Å². The van der Waals surface area contributed by atoms with Gasteiger partial charge in [-0.05, 0) is 37.0 Å². The Hall–Kier alpha value is -3.52. The second kappa shape index (κ2) is 9.95. The summed E-state index contributed by atoms with van der Waals surface area (Å²) in [5.74, 6) is -0.465. The number of carbonyl (C=O) groups is 3. The van der Waals surface area contributed by atoms with Crippen molar-refractivity contribution in [3.05, 3.63) is 65.0 Å². The van der Waals surface area contributed by atoms with E-state index in [1.165, 1.54) is 18.3 Å². The molecule has 2 heterocycles. The van der Waals surface area contributed by atoms with Crippen LogP contribution in [0.4, 0.5) is 10.8 Å². The first-order valence-electron chi connectivity index (χ1n) is 10.9. The molecule has 8 heteroatoms. The summed E-state index contributed by atoms with van der Waals surface area (Å²) in [6, 6.07) is 15.5. The lowest BCUT2D eigenvalue weighted by Gasteiger charge is -2.24. The largest absolute Gasteiger partial charge is 0.350 e. The van der Waals surface area contributed by atoms with Gasteiger partial charge in [0.1, 0.15) is 0 Å². The van der Waals surface area contributed by atoms with Gasteiger partial charge in [-0.2, -0.15) is 0 Å². The van der Waals surface area contributed by atoms with Crippen molar-refractivity contribution in [1.82, 2.24) is 10.3 Å². The first kappa shape index (κ1) is 22.7. The van der Waals surface area contributed by atoms with Crippen LogP contribution in [0.1, 0.15) is 43.9 Å². The summed E-state index contributed by atoms with van der Waals surface area (Å²) in [6.07, 6.45) is 1.39. The number of amides is 3. The predicted molar refractivity (Wildman–Crippen MR) is 130 cm³/mol. The van der Waals surface area contributed by atoms with Gasteiger partial charge in [0.15, 0.2) is 5.13 Å². The molecule has 3 aromatic rings. The van der Waals surface area contributed by atoms with Crippen LogP contribution in [0.2, 0.25) is 0 Å². The third-order valence-electron chi connectivity index (χ3n) is 5.71. The molecule has 1 aliphatic rings. The van der Waals surface area contributed by atoms with Crippen molar-refractivity contribution < 1.29 is 14.4 Å². The summed E-state index contributed by atoms with van der Waals surface area (Å²) in [6.45, 7) is 3.43. The zero-order valence-electron chi connectivity index (χ0n) is 18.6. The summed E-state index contributed by atoms with van der Waals surface area (Å²) in [5.41, 5.74) is 4.67. The molecule has 3 amide bonds. The van der Waals surface area contributed by atoms with Crippen LogP contribution in [-0.2, 0) is 20.8 Å². The molecule has 3 N–H and O–H groups in total. The van der Waals surface area contributed by atoms with Crippen LogP contribution in [0.3, 0.4) is 0 Å². The van der Waals surface area contributed by atoms with Gasteiger partial charge in [-0.3, -0.25) is 14.4 Å². The minimum Gasteiger partial charge on any atom is -0.350 e. The topological polar surface area (TPSA) is 100 Å². The molecule has 2 unspecified atom stereocenters. The Morgan fingerprint density at radius 2 is 1.94 bits per heavy atom. The molecule has 33 heavy (non-hydrogen) atoms. The molecule has 170 valence electrons. The van der Waals surface area contributed by atoms with E-state index in [4.69, 9.17) is 0 Å². The van der Waals surface area contributed by atoms with Gasteiger partial charge >= 0.3 is 0 Å². The lowest BCUT2D eigenvalue weighted by atomic mass is 9.89. The molecule has 0 spiro atoms. The monoisotopic (exact) mass is 462 g/mol. The number of hydrogen-bond acceptors (Lipinski definition) is 5. The van der Waals surface area contributed by atoms with Crippen molar-refractivity contribution in [2.24, 2.45) is 5.92 Å². The Balaban J connectivity index is 1.31. The fourth-order valence-electron chi connectivity index (χ4n) is 3.93. The molecule has 1 aromatic heterocycles. The molecule has 7 nitrogen and oxygen atoms in total. The van der Waals surface area contributed by atoms with Crippen LogP contribution in [0, 0.1) is 5.92 Å². The maximum atomic E-state index is 12.5. The number of nitrogens with zero attached hydrogens (tertiary/aromatic N) is 1. The molecule has 0 fully saturated rings. The summed E-state index contributed by atoms with van der Waals surface area (Å²) < 4.78 is 0. The van der Waals surface area contributed by atoms with Crippen LogP contribution >= 0.6 is 11.3 Å². The van der Waals surface area contributed by atoms with Gasteiger partial charge in [-0.25, -0.2) is 4.98 Å². The SMILES string of the molecule is CC(=O)NC(C)c1ccc(-c2csc(NC(=O)CCC3Cc4ccccc4NC3=O)n2)cc1. The maximum absolute atomic E-state index is 12.5. The fraction of sp³-hybridized carbons (Fsp3) is 0.280. The predicted octanol–water partition coefficient (Wildman–Crippen LogP) is 4.54. The normalized spacial score (nSPS) is 15.8. The molecular weight excluding hydrogens is 436 g/mol. The highest BCUT2D eigenvalue weighted by Crippen LogP contribution is 2.29. The molecule has 0 saturated heterocycles. The average molecular weight is 463 g/mol. The number of rotatable bonds is 7. The lowest BCUT2D eigenvalue weighted by molar-refractivity contribution is -0.121. The molecule has 2 atom stereocenters. The van der Waals surface area contributed by atoms with Crippen molar-refractivity contribution in [2.45, 2.75) is 39.2 Å². The molecule has 4 rings (SSSR count). The smallest absolute Gasteiger partial charge is 0.227 e. The molecule has 0 aliphatic carbocycles. The van der Waals surface area contributed by atoms with Crippen molar-refractivity contribution in [2.75, 3.05) is 10.6 Å². The Morgan fingerprint density at radius 1 is 1.18 bits per heavy atom. The molecule has 0 bridgehead atoms. The number of thiazole rings is 1. The zero-order valence-corrected chi connectivity index (χ0v) is 19.4. The van der Waals surface area contributed by atoms with E-state index in [1.807, 2.05) is 60.8 Å². The number of para-hydroxylation sites is 1. The van der Waals surface area contributed by atoms with Gasteiger partial charge in [0, 0.05) is 35.9 Å². The van der Waals surface area contributed by atoms with Gasteiger partial charge < -0.3 is 16.0 Å². The van der Waals surface area contributed by atoms with Gasteiger partial charge in [0.05, 0.1) is 11.7 Å². The van der Waals surface area contributed by atoms with Gasteiger partial charge in [0.2, 0.25) is 17.7 Å². The van der Waals surface area contributed by atoms with Crippen molar-refractivity contribution in [1.29, 1.82) is 0 Å². The molecule has 0 saturated carbocycles. The summed E-state index contributed by atoms with van der Waals surface area (Å²) in [5, 5.41) is 11.1. The quantitative estimate of drug-likeness (QED) is 0.480. The number of nitrogens with one attached hydrogen (secondary N) is 3. The standard InChI is InChI=1S/C25H26N4O3S/c1-15(26-16(2)30)17-7-9-18(10-8-17)22-14-33-25(28-22)29-23(31)12-11-20-13-19-5-3-4-6-21(19)27-24(20)32/h3-10,14-15,20H,11-13H2,1-2H3,(H,26,30)(H,27,32)(H,28,29,31). The Labute approximate surface area is 196 Å². The summed E-state index contributed by atoms with van der Waals surface area (Å²) in [7, 11) is 0. The van der Waals surface area contributed by atoms with E-state index in [-0.39, 0.29) is 36.1 Å². The van der Waals surface area contributed by atoms with E-state index in [0.717, 1.165) is 28.1 Å². The average Bonchev–Trinajstić information content (AvgIpc) is 3.25. The van der Waals surface area contributed by atoms with E-state index >= 15 is 0 Å². The Morgan fingerprint density at radius 3 is 2.70 bits per heavy atom. The van der Waals surface area contributed by atoms with E-state index in [1.54, 1.807) is 0 Å². The van der Waals surface area contributed by atoms with Crippen LogP contribution in [0.5, 0.6) is 0 Å². The minimum atomic E-state index is -0.212. The molecule has 1 aliphatic heterocycles. The van der Waals surface area contributed by atoms with Crippen LogP contribution in [0.15, 0.2) is 53.9 Å². The number of carbonyl (C=O) groups excluding carboxylic acids is 3. The highest BCUT2D eigenvalue weighted by atomic mass is 32.1. The maximum Gasteiger partial charge on any atom is 0.227 e. The minimum absolute atomic E-state index is 0.0331. The molecule has 0 radical (unpaired) electrons. The number of benzene rings is 2. The fourth-order valence-corrected chi connectivity index (χ4v) is 4.66. The van der Waals surface area contributed by atoms with Crippen LogP contribution < -0.4 is 16.0 Å². The third-order valence-corrected chi connectivity index (χ3v) is 6.47. The van der Waals surface area contributed by atoms with Crippen molar-refractivity contribution in [3.63, 3.8) is 0 Å². The van der Waals surface area contributed by atoms with Crippen molar-refractivity contribution >= 4 is 39.9 Å². The van der Waals surface area contributed by atoms with Crippen molar-refractivity contribution in [3.8, 4) is 11.3 Å². The van der Waals surface area contributed by atoms with Crippen LogP contribution in [-0.4, -0.2) is 22.7 Å². The first-order chi connectivity index (χ1) is 15.9. The zero-order chi connectivity index (χ0) is 23.4. The van der Waals surface area contributed by atoms with E-state index in [2.05, 4.69) is 20.9 Å². The van der Waals surface area contributed by atoms with E-state index in [9.17, 15) is 14.4 Å². The highest BCUT2D eigenvalue weighted by molar-refractivity contribution is 7.14. The number of fused-ring (bicyclic) bond motifs is 1. The molecule has 2 aromatic carbocycles. The first-order valence-corrected chi connectivity index (χ1v) is 11.8.